The Hall–Kier alpha value is -7.20. The molecule has 2 atom stereocenters. The van der Waals surface area contributed by atoms with Gasteiger partial charge in [-0.3, -0.25) is 14.5 Å². The Kier molecular flexibility index (Phi) is 13.3. The van der Waals surface area contributed by atoms with Crippen LogP contribution in [-0.4, -0.2) is 63.4 Å². The topological polar surface area (TPSA) is 152 Å². The van der Waals surface area contributed by atoms with Crippen molar-refractivity contribution in [3.63, 3.8) is 0 Å². The number of rotatable bonds is 16. The minimum absolute atomic E-state index is 0.0984. The fraction of sp³-hybridized carbons (Fsp3) is 0.137. The summed E-state index contributed by atoms with van der Waals surface area (Å²) in [5, 5.41) is 12.3. The van der Waals surface area contributed by atoms with Crippen LogP contribution in [-0.2, 0) is 29.5 Å². The first-order valence-electron chi connectivity index (χ1n) is 20.9. The van der Waals surface area contributed by atoms with Crippen molar-refractivity contribution in [2.75, 3.05) is 23.9 Å². The highest BCUT2D eigenvalue weighted by Crippen LogP contribution is 2.44. The first-order valence-corrected chi connectivity index (χ1v) is 23.8. The Morgan fingerprint density at radius 1 is 0.833 bits per heavy atom. The maximum absolute atomic E-state index is 14.6. The molecule has 1 saturated heterocycles. The predicted molar refractivity (Wildman–Crippen MR) is 257 cm³/mol. The summed E-state index contributed by atoms with van der Waals surface area (Å²) in [6.07, 6.45) is 0.539. The zero-order valence-corrected chi connectivity index (χ0v) is 37.8. The Morgan fingerprint density at radius 2 is 1.39 bits per heavy atom. The van der Waals surface area contributed by atoms with Crippen molar-refractivity contribution in [2.24, 2.45) is 5.16 Å². The summed E-state index contributed by atoms with van der Waals surface area (Å²) in [5.74, 6) is -1.25. The van der Waals surface area contributed by atoms with Gasteiger partial charge in [-0.25, -0.2) is 14.6 Å². The quantitative estimate of drug-likeness (QED) is 0.0239. The van der Waals surface area contributed by atoms with Crippen molar-refractivity contribution < 1.29 is 28.4 Å². The molecular weight excluding hydrogens is 891 g/mol. The largest absolute Gasteiger partial charge is 0.448 e. The second-order valence-corrected chi connectivity index (χ2v) is 18.1. The highest BCUT2D eigenvalue weighted by Gasteiger charge is 2.55. The van der Waals surface area contributed by atoms with Crippen molar-refractivity contribution in [1.29, 1.82) is 0 Å². The number of thioether (sulfide) groups is 2. The van der Waals surface area contributed by atoms with Crippen LogP contribution in [0.4, 0.5) is 5.13 Å². The number of esters is 1. The van der Waals surface area contributed by atoms with E-state index in [9.17, 15) is 19.2 Å². The number of ether oxygens (including phenoxy) is 1. The van der Waals surface area contributed by atoms with E-state index in [1.165, 1.54) is 59.2 Å². The third kappa shape index (κ3) is 9.05. The number of carbonyl (C=O) groups excluding carboxylic acids is 3. The first kappa shape index (κ1) is 44.0. The van der Waals surface area contributed by atoms with Crippen molar-refractivity contribution in [1.82, 2.24) is 15.2 Å². The first-order chi connectivity index (χ1) is 32.3. The molecule has 2 aliphatic heterocycles. The van der Waals surface area contributed by atoms with Gasteiger partial charge in [-0.15, -0.1) is 34.9 Å². The van der Waals surface area contributed by atoms with Gasteiger partial charge in [-0.1, -0.05) is 157 Å². The number of β-lactam (4-membered cyclic amide) rings is 1. The lowest BCUT2D eigenvalue weighted by Gasteiger charge is -2.49. The highest BCUT2D eigenvalue weighted by molar-refractivity contribution is 8.01. The van der Waals surface area contributed by atoms with Crippen LogP contribution in [0.15, 0.2) is 206 Å². The highest BCUT2D eigenvalue weighted by atomic mass is 32.2. The molecule has 1 fully saturated rings. The summed E-state index contributed by atoms with van der Waals surface area (Å²) >= 11 is 4.04. The maximum atomic E-state index is 14.6. The van der Waals surface area contributed by atoms with Gasteiger partial charge in [0.15, 0.2) is 16.9 Å². The minimum Gasteiger partial charge on any atom is -0.448 e. The van der Waals surface area contributed by atoms with Gasteiger partial charge in [0.2, 0.25) is 0 Å². The molecule has 9 rings (SSSR count). The van der Waals surface area contributed by atoms with Crippen LogP contribution in [0.3, 0.4) is 0 Å². The second kappa shape index (κ2) is 19.9. The smallest absolute Gasteiger partial charge is 0.356 e. The monoisotopic (exact) mass is 931 g/mol. The van der Waals surface area contributed by atoms with E-state index in [0.29, 0.717) is 21.4 Å². The van der Waals surface area contributed by atoms with Gasteiger partial charge in [0.05, 0.1) is 6.26 Å². The molecule has 66 heavy (non-hydrogen) atoms. The van der Waals surface area contributed by atoms with Crippen molar-refractivity contribution in [3.05, 3.63) is 231 Å². The van der Waals surface area contributed by atoms with E-state index in [2.05, 4.69) is 52.2 Å². The third-order valence-corrected chi connectivity index (χ3v) is 14.3. The number of fused-ring (bicyclic) bond motifs is 1. The van der Waals surface area contributed by atoms with Crippen LogP contribution in [0.2, 0.25) is 0 Å². The number of hydrogen-bond acceptors (Lipinski definition) is 13. The number of anilines is 1. The summed E-state index contributed by atoms with van der Waals surface area (Å²) in [4.78, 5) is 67.2. The minimum atomic E-state index is -1.02. The summed E-state index contributed by atoms with van der Waals surface area (Å²) < 4.78 is 11.2. The van der Waals surface area contributed by atoms with Gasteiger partial charge in [0.1, 0.15) is 35.5 Å². The lowest BCUT2D eigenvalue weighted by molar-refractivity contribution is -0.154. The molecule has 2 aromatic heterocycles. The molecule has 5 aromatic carbocycles. The summed E-state index contributed by atoms with van der Waals surface area (Å²) in [6.45, 7) is 0. The molecule has 0 radical (unpaired) electrons. The van der Waals surface area contributed by atoms with Gasteiger partial charge >= 0.3 is 11.6 Å². The normalized spacial score (nSPS) is 16.0. The number of amides is 2. The maximum Gasteiger partial charge on any atom is 0.356 e. The van der Waals surface area contributed by atoms with Crippen molar-refractivity contribution in [3.8, 4) is 0 Å². The Bertz CT molecular complexity index is 2820. The van der Waals surface area contributed by atoms with E-state index in [4.69, 9.17) is 19.0 Å². The standard InChI is InChI=1S/C51H41N5O7S3/c1-61-55-42(40-32-66-50(52-40)54-51(36-21-11-4-12-22-36,37-23-13-5-14-24-37)38-25-15-6-16-26-38)46(58)53-43-47(59)56-44(35(31-65-48(43)56)30-64-39-27-28-62-41(57)29-39)49(60)63-45(33-17-7-2-8-18-33)34-19-9-3-10-20-34/h2-29,32,43,45,48H,30-31H2,1H3,(H,52,54)(H,53,58)/t43-,48+/m1/s1. The molecule has 0 unspecified atom stereocenters. The number of oxime groups is 1. The van der Waals surface area contributed by atoms with Crippen LogP contribution >= 0.6 is 34.9 Å². The molecule has 2 amide bonds. The van der Waals surface area contributed by atoms with Gasteiger partial charge in [0, 0.05) is 27.8 Å². The summed E-state index contributed by atoms with van der Waals surface area (Å²) in [6, 6.07) is 51.0. The van der Waals surface area contributed by atoms with Crippen molar-refractivity contribution in [2.45, 2.75) is 28.0 Å². The fourth-order valence-electron chi connectivity index (χ4n) is 8.04. The molecule has 2 N–H and O–H groups in total. The number of hydrogen-bond donors (Lipinski definition) is 2. The van der Waals surface area contributed by atoms with E-state index < -0.39 is 46.5 Å². The molecule has 0 aliphatic carbocycles. The molecule has 4 heterocycles. The Balaban J connectivity index is 0.986. The number of nitrogens with one attached hydrogen (secondary N) is 2. The molecular formula is C51H41N5O7S3. The molecule has 0 saturated carbocycles. The zero-order chi connectivity index (χ0) is 45.5. The van der Waals surface area contributed by atoms with Crippen LogP contribution < -0.4 is 16.3 Å². The molecule has 2 aliphatic rings. The molecule has 0 spiro atoms. The summed E-state index contributed by atoms with van der Waals surface area (Å²) in [5.41, 5.74) is 3.89. The van der Waals surface area contributed by atoms with Gasteiger partial charge in [0.25, 0.3) is 11.8 Å². The Morgan fingerprint density at radius 3 is 1.94 bits per heavy atom. The van der Waals surface area contributed by atoms with E-state index in [1.807, 2.05) is 115 Å². The van der Waals surface area contributed by atoms with Crippen LogP contribution in [0.5, 0.6) is 0 Å². The van der Waals surface area contributed by atoms with Gasteiger partial charge < -0.3 is 24.6 Å². The van der Waals surface area contributed by atoms with Crippen LogP contribution in [0.1, 0.15) is 39.6 Å². The predicted octanol–water partition coefficient (Wildman–Crippen LogP) is 8.63. The van der Waals surface area contributed by atoms with E-state index >= 15 is 0 Å². The molecule has 330 valence electrons. The van der Waals surface area contributed by atoms with E-state index in [0.717, 1.165) is 27.8 Å². The number of nitrogens with zero attached hydrogens (tertiary/aromatic N) is 3. The average molecular weight is 932 g/mol. The lowest BCUT2D eigenvalue weighted by Crippen LogP contribution is -2.71. The number of aromatic nitrogens is 1. The SMILES string of the molecule is CON=C(C(=O)N[C@@H]1C(=O)N2C(C(=O)OC(c3ccccc3)c3ccccc3)=C(CSc3ccoc(=O)c3)CS[C@@H]12)c1csc(NC(c2ccccc2)(c2ccccc2)c2ccccc2)n1. The third-order valence-electron chi connectivity index (χ3n) is 11.1. The zero-order valence-electron chi connectivity index (χ0n) is 35.3. The van der Waals surface area contributed by atoms with E-state index in [1.54, 1.807) is 11.4 Å². The van der Waals surface area contributed by atoms with Crippen LogP contribution in [0.25, 0.3) is 0 Å². The lowest BCUT2D eigenvalue weighted by atomic mass is 9.77. The van der Waals surface area contributed by atoms with Crippen molar-refractivity contribution >= 4 is 63.5 Å². The number of carbonyl (C=O) groups is 3. The molecule has 0 bridgehead atoms. The van der Waals surface area contributed by atoms with Gasteiger partial charge in [-0.2, -0.15) is 0 Å². The molecule has 12 nitrogen and oxygen atoms in total. The van der Waals surface area contributed by atoms with E-state index in [-0.39, 0.29) is 22.9 Å². The number of benzene rings is 5. The fourth-order valence-corrected chi connectivity index (χ4v) is 11.2. The molecule has 7 aromatic rings. The van der Waals surface area contributed by atoms with Gasteiger partial charge in [-0.05, 0) is 39.5 Å². The Labute approximate surface area is 392 Å². The number of thiazole rings is 1. The summed E-state index contributed by atoms with van der Waals surface area (Å²) in [7, 11) is 1.33. The molecule has 15 heteroatoms. The average Bonchev–Trinajstić information content (AvgIpc) is 3.83. The van der Waals surface area contributed by atoms with Crippen LogP contribution in [0, 0.1) is 0 Å². The second-order valence-electron chi connectivity index (χ2n) is 15.1.